The molecule has 1 N–H and O–H groups in total. The molecular formula is C13H23N3O3. The molecular weight excluding hydrogens is 246 g/mol. The molecule has 2 unspecified atom stereocenters. The summed E-state index contributed by atoms with van der Waals surface area (Å²) in [7, 11) is 1.95. The number of ether oxygens (including phenoxy) is 2. The summed E-state index contributed by atoms with van der Waals surface area (Å²) in [6.45, 7) is 8.26. The van der Waals surface area contributed by atoms with Crippen molar-refractivity contribution in [2.75, 3.05) is 26.9 Å². The second-order valence-corrected chi connectivity index (χ2v) is 5.89. The van der Waals surface area contributed by atoms with E-state index in [1.807, 2.05) is 7.05 Å². The first-order valence-corrected chi connectivity index (χ1v) is 6.70. The highest BCUT2D eigenvalue weighted by molar-refractivity contribution is 4.96. The van der Waals surface area contributed by atoms with Crippen molar-refractivity contribution in [1.29, 1.82) is 0 Å². The number of nitrogens with zero attached hydrogens (tertiary/aromatic N) is 2. The van der Waals surface area contributed by atoms with E-state index in [0.717, 1.165) is 0 Å². The molecule has 6 nitrogen and oxygen atoms in total. The average Bonchev–Trinajstić information content (AvgIpc) is 2.84. The number of likely N-dealkylation sites (N-methyl/N-ethyl adjacent to an activating group) is 1. The van der Waals surface area contributed by atoms with E-state index >= 15 is 0 Å². The van der Waals surface area contributed by atoms with Crippen molar-refractivity contribution in [1.82, 2.24) is 15.5 Å². The van der Waals surface area contributed by atoms with E-state index in [4.69, 9.17) is 14.0 Å². The Morgan fingerprint density at radius 2 is 2.16 bits per heavy atom. The maximum absolute atomic E-state index is 5.55. The van der Waals surface area contributed by atoms with Crippen LogP contribution in [0.5, 0.6) is 0 Å². The lowest BCUT2D eigenvalue weighted by molar-refractivity contribution is -0.0941. The highest BCUT2D eigenvalue weighted by atomic mass is 16.6. The number of hydrogen-bond donors (Lipinski definition) is 1. The molecule has 2 atom stereocenters. The number of nitrogens with one attached hydrogen (secondary N) is 1. The number of hydrogen-bond acceptors (Lipinski definition) is 6. The van der Waals surface area contributed by atoms with Crippen molar-refractivity contribution in [3.05, 3.63) is 11.7 Å². The molecule has 0 radical (unpaired) electrons. The van der Waals surface area contributed by atoms with Gasteiger partial charge in [-0.3, -0.25) is 0 Å². The fourth-order valence-corrected chi connectivity index (χ4v) is 2.13. The topological polar surface area (TPSA) is 69.4 Å². The van der Waals surface area contributed by atoms with Gasteiger partial charge in [-0.1, -0.05) is 25.9 Å². The van der Waals surface area contributed by atoms with Crippen LogP contribution in [0.2, 0.25) is 0 Å². The second-order valence-electron chi connectivity index (χ2n) is 5.89. The van der Waals surface area contributed by atoms with Gasteiger partial charge in [0.1, 0.15) is 6.10 Å². The minimum Gasteiger partial charge on any atom is -0.376 e. The quantitative estimate of drug-likeness (QED) is 0.889. The zero-order chi connectivity index (χ0) is 13.9. The SMILES string of the molecule is CNC(Cc1nc(C2COCCO2)no1)C(C)(C)C. The van der Waals surface area contributed by atoms with Crippen molar-refractivity contribution < 1.29 is 14.0 Å². The van der Waals surface area contributed by atoms with Crippen LogP contribution < -0.4 is 5.32 Å². The summed E-state index contributed by atoms with van der Waals surface area (Å²) in [4.78, 5) is 4.41. The van der Waals surface area contributed by atoms with E-state index in [0.29, 0.717) is 38.0 Å². The smallest absolute Gasteiger partial charge is 0.228 e. The lowest BCUT2D eigenvalue weighted by Crippen LogP contribution is -2.39. The molecule has 0 aromatic carbocycles. The molecule has 19 heavy (non-hydrogen) atoms. The number of rotatable bonds is 4. The van der Waals surface area contributed by atoms with Gasteiger partial charge in [0.25, 0.3) is 0 Å². The Bertz CT molecular complexity index is 394. The normalized spacial score (nSPS) is 22.4. The Morgan fingerprint density at radius 1 is 1.37 bits per heavy atom. The molecule has 0 saturated carbocycles. The fraction of sp³-hybridized carbons (Fsp3) is 0.846. The summed E-state index contributed by atoms with van der Waals surface area (Å²) in [6.07, 6.45) is 0.509. The zero-order valence-corrected chi connectivity index (χ0v) is 12.1. The number of aromatic nitrogens is 2. The molecule has 1 aromatic heterocycles. The van der Waals surface area contributed by atoms with Crippen LogP contribution in [-0.4, -0.2) is 43.1 Å². The van der Waals surface area contributed by atoms with Crippen LogP contribution in [0.15, 0.2) is 4.52 Å². The standard InChI is InChI=1S/C13H23N3O3/c1-13(2,3)10(14-4)7-11-15-12(16-19-11)9-8-17-5-6-18-9/h9-10,14H,5-8H2,1-4H3. The zero-order valence-electron chi connectivity index (χ0n) is 12.1. The molecule has 1 saturated heterocycles. The van der Waals surface area contributed by atoms with Gasteiger partial charge in [-0.05, 0) is 12.5 Å². The van der Waals surface area contributed by atoms with E-state index in [2.05, 4.69) is 36.2 Å². The van der Waals surface area contributed by atoms with Crippen LogP contribution in [0.25, 0.3) is 0 Å². The monoisotopic (exact) mass is 269 g/mol. The second kappa shape index (κ2) is 5.98. The summed E-state index contributed by atoms with van der Waals surface area (Å²) in [6, 6.07) is 0.282. The van der Waals surface area contributed by atoms with Crippen LogP contribution in [-0.2, 0) is 15.9 Å². The molecule has 1 aromatic rings. The van der Waals surface area contributed by atoms with Crippen LogP contribution in [0.4, 0.5) is 0 Å². The maximum Gasteiger partial charge on any atom is 0.228 e. The molecule has 0 bridgehead atoms. The third kappa shape index (κ3) is 3.75. The molecule has 0 spiro atoms. The first-order valence-electron chi connectivity index (χ1n) is 6.70. The summed E-state index contributed by atoms with van der Waals surface area (Å²) in [5.74, 6) is 1.22. The van der Waals surface area contributed by atoms with E-state index in [1.54, 1.807) is 0 Å². The Balaban J connectivity index is 2.00. The molecule has 1 aliphatic heterocycles. The molecule has 6 heteroatoms. The molecule has 1 aliphatic rings. The first kappa shape index (κ1) is 14.4. The molecule has 108 valence electrons. The Hall–Kier alpha value is -0.980. The Morgan fingerprint density at radius 3 is 2.74 bits per heavy atom. The van der Waals surface area contributed by atoms with E-state index in [1.165, 1.54) is 0 Å². The van der Waals surface area contributed by atoms with Gasteiger partial charge < -0.3 is 19.3 Å². The van der Waals surface area contributed by atoms with Gasteiger partial charge in [-0.15, -0.1) is 0 Å². The third-order valence-corrected chi connectivity index (χ3v) is 3.36. The van der Waals surface area contributed by atoms with Crippen molar-refractivity contribution in [2.45, 2.75) is 39.3 Å². The highest BCUT2D eigenvalue weighted by Crippen LogP contribution is 2.23. The van der Waals surface area contributed by atoms with Gasteiger partial charge in [0.05, 0.1) is 19.8 Å². The molecule has 0 aliphatic carbocycles. The molecule has 1 fully saturated rings. The Labute approximate surface area is 113 Å². The first-order chi connectivity index (χ1) is 9.00. The van der Waals surface area contributed by atoms with Crippen molar-refractivity contribution in [2.24, 2.45) is 5.41 Å². The fourth-order valence-electron chi connectivity index (χ4n) is 2.13. The maximum atomic E-state index is 5.55. The lowest BCUT2D eigenvalue weighted by Gasteiger charge is -2.29. The predicted molar refractivity (Wildman–Crippen MR) is 69.8 cm³/mol. The molecule has 2 heterocycles. The van der Waals surface area contributed by atoms with Crippen molar-refractivity contribution in [3.63, 3.8) is 0 Å². The van der Waals surface area contributed by atoms with Crippen LogP contribution >= 0.6 is 0 Å². The van der Waals surface area contributed by atoms with E-state index < -0.39 is 0 Å². The van der Waals surface area contributed by atoms with Crippen LogP contribution in [0.3, 0.4) is 0 Å². The summed E-state index contributed by atoms with van der Waals surface area (Å²) < 4.78 is 16.2. The highest BCUT2D eigenvalue weighted by Gasteiger charge is 2.27. The third-order valence-electron chi connectivity index (χ3n) is 3.36. The average molecular weight is 269 g/mol. The van der Waals surface area contributed by atoms with Gasteiger partial charge in [0.2, 0.25) is 11.7 Å². The van der Waals surface area contributed by atoms with Gasteiger partial charge in [0.15, 0.2) is 0 Å². The summed E-state index contributed by atoms with van der Waals surface area (Å²) in [5, 5.41) is 7.29. The minimum atomic E-state index is -0.200. The van der Waals surface area contributed by atoms with Crippen molar-refractivity contribution in [3.8, 4) is 0 Å². The summed E-state index contributed by atoms with van der Waals surface area (Å²) in [5.41, 5.74) is 0.133. The Kier molecular flexibility index (Phi) is 4.54. The molecule has 2 rings (SSSR count). The van der Waals surface area contributed by atoms with Gasteiger partial charge in [-0.25, -0.2) is 0 Å². The van der Waals surface area contributed by atoms with E-state index in [9.17, 15) is 0 Å². The van der Waals surface area contributed by atoms with Crippen LogP contribution in [0.1, 0.15) is 38.6 Å². The summed E-state index contributed by atoms with van der Waals surface area (Å²) >= 11 is 0. The van der Waals surface area contributed by atoms with Gasteiger partial charge in [-0.2, -0.15) is 4.98 Å². The van der Waals surface area contributed by atoms with Crippen LogP contribution in [0, 0.1) is 5.41 Å². The lowest BCUT2D eigenvalue weighted by atomic mass is 9.85. The van der Waals surface area contributed by atoms with Gasteiger partial charge >= 0.3 is 0 Å². The van der Waals surface area contributed by atoms with Gasteiger partial charge in [0, 0.05) is 12.5 Å². The van der Waals surface area contributed by atoms with Crippen molar-refractivity contribution >= 4 is 0 Å². The largest absolute Gasteiger partial charge is 0.376 e. The van der Waals surface area contributed by atoms with E-state index in [-0.39, 0.29) is 17.6 Å². The molecule has 0 amide bonds. The minimum absolute atomic E-state index is 0.133. The predicted octanol–water partition coefficient (Wildman–Crippen LogP) is 1.33.